The van der Waals surface area contributed by atoms with E-state index in [1.807, 2.05) is 0 Å². The van der Waals surface area contributed by atoms with Crippen molar-refractivity contribution in [1.82, 2.24) is 0 Å². The molecule has 0 aliphatic rings. The smallest absolute Gasteiger partial charge is 0.164 e. The third-order valence-electron chi connectivity index (χ3n) is 1.52. The van der Waals surface area contributed by atoms with Gasteiger partial charge in [0.1, 0.15) is 0 Å². The van der Waals surface area contributed by atoms with Crippen molar-refractivity contribution in [2.24, 2.45) is 0 Å². The number of hydrogen-bond donors (Lipinski definition) is 1. The van der Waals surface area contributed by atoms with Crippen LogP contribution in [0.3, 0.4) is 0 Å². The maximum Gasteiger partial charge on any atom is 0.164 e. The van der Waals surface area contributed by atoms with Crippen LogP contribution in [0, 0.1) is 5.82 Å². The van der Waals surface area contributed by atoms with Crippen LogP contribution in [-0.2, 0) is 0 Å². The van der Waals surface area contributed by atoms with Crippen molar-refractivity contribution >= 4 is 40.5 Å². The molecule has 1 aromatic carbocycles. The van der Waals surface area contributed by atoms with Gasteiger partial charge < -0.3 is 5.32 Å². The fraction of sp³-hybridized carbons (Fsp3) is 0.111. The largest absolute Gasteiger partial charge is 0.378 e. The van der Waals surface area contributed by atoms with Crippen LogP contribution in [0.25, 0.3) is 0 Å². The van der Waals surface area contributed by atoms with Crippen LogP contribution >= 0.6 is 34.8 Å². The Morgan fingerprint density at radius 1 is 1.50 bits per heavy atom. The lowest BCUT2D eigenvalue weighted by atomic mass is 10.3. The molecule has 0 fully saturated rings. The summed E-state index contributed by atoms with van der Waals surface area (Å²) in [6, 6.07) is 4.69. The molecule has 5 heteroatoms. The summed E-state index contributed by atoms with van der Waals surface area (Å²) < 4.78 is 13.3. The SMILES string of the molecule is Fc1c(Cl)cccc1NCC(Cl)=CCl. The lowest BCUT2D eigenvalue weighted by Crippen LogP contribution is -2.03. The predicted molar refractivity (Wildman–Crippen MR) is 59.7 cm³/mol. The molecule has 76 valence electrons. The van der Waals surface area contributed by atoms with Crippen molar-refractivity contribution in [3.8, 4) is 0 Å². The van der Waals surface area contributed by atoms with E-state index in [2.05, 4.69) is 5.32 Å². The molecule has 1 aromatic rings. The highest BCUT2D eigenvalue weighted by Crippen LogP contribution is 2.22. The molecule has 0 atom stereocenters. The second-order valence-electron chi connectivity index (χ2n) is 2.51. The van der Waals surface area contributed by atoms with E-state index in [1.54, 1.807) is 12.1 Å². The molecule has 1 rings (SSSR count). The van der Waals surface area contributed by atoms with Crippen molar-refractivity contribution in [2.45, 2.75) is 0 Å². The molecule has 0 amide bonds. The third kappa shape index (κ3) is 3.05. The molecule has 14 heavy (non-hydrogen) atoms. The molecule has 0 heterocycles. The summed E-state index contributed by atoms with van der Waals surface area (Å²) >= 11 is 16.5. The van der Waals surface area contributed by atoms with Crippen molar-refractivity contribution in [2.75, 3.05) is 11.9 Å². The van der Waals surface area contributed by atoms with Gasteiger partial charge in [-0.3, -0.25) is 0 Å². The van der Waals surface area contributed by atoms with E-state index in [9.17, 15) is 4.39 Å². The fourth-order valence-corrected chi connectivity index (χ4v) is 1.18. The van der Waals surface area contributed by atoms with Gasteiger partial charge in [0.15, 0.2) is 5.82 Å². The second kappa shape index (κ2) is 5.44. The van der Waals surface area contributed by atoms with E-state index in [1.165, 1.54) is 11.6 Å². The average Bonchev–Trinajstić information content (AvgIpc) is 2.20. The van der Waals surface area contributed by atoms with Crippen LogP contribution in [0.4, 0.5) is 10.1 Å². The van der Waals surface area contributed by atoms with Crippen molar-refractivity contribution in [3.63, 3.8) is 0 Å². The molecule has 0 aromatic heterocycles. The first kappa shape index (κ1) is 11.6. The summed E-state index contributed by atoms with van der Waals surface area (Å²) in [5.74, 6) is -0.492. The minimum atomic E-state index is -0.492. The van der Waals surface area contributed by atoms with Gasteiger partial charge in [0, 0.05) is 10.6 Å². The van der Waals surface area contributed by atoms with Crippen LogP contribution in [0.2, 0.25) is 5.02 Å². The molecule has 0 spiro atoms. The van der Waals surface area contributed by atoms with Gasteiger partial charge in [-0.1, -0.05) is 40.9 Å². The lowest BCUT2D eigenvalue weighted by Gasteiger charge is -2.06. The summed E-state index contributed by atoms with van der Waals surface area (Å²) in [5.41, 5.74) is 1.52. The van der Waals surface area contributed by atoms with Gasteiger partial charge in [-0.25, -0.2) is 4.39 Å². The van der Waals surface area contributed by atoms with Gasteiger partial charge in [0.05, 0.1) is 17.3 Å². The van der Waals surface area contributed by atoms with E-state index < -0.39 is 5.82 Å². The third-order valence-corrected chi connectivity index (χ3v) is 2.43. The van der Waals surface area contributed by atoms with Gasteiger partial charge in [-0.05, 0) is 12.1 Å². The van der Waals surface area contributed by atoms with Crippen LogP contribution in [0.15, 0.2) is 28.8 Å². The molecule has 0 aliphatic carbocycles. The van der Waals surface area contributed by atoms with Crippen LogP contribution in [-0.4, -0.2) is 6.54 Å². The quantitative estimate of drug-likeness (QED) is 0.852. The Hall–Kier alpha value is -0.440. The van der Waals surface area contributed by atoms with Crippen LogP contribution < -0.4 is 5.32 Å². The minimum absolute atomic E-state index is 0.0703. The zero-order chi connectivity index (χ0) is 10.6. The molecular formula is C9H7Cl3FN. The summed E-state index contributed by atoms with van der Waals surface area (Å²) in [6.45, 7) is 0.266. The average molecular weight is 255 g/mol. The highest BCUT2D eigenvalue weighted by Gasteiger charge is 2.05. The number of halogens is 4. The Morgan fingerprint density at radius 2 is 2.21 bits per heavy atom. The summed E-state index contributed by atoms with van der Waals surface area (Å²) in [6.07, 6.45) is 0. The van der Waals surface area contributed by atoms with E-state index in [4.69, 9.17) is 34.8 Å². The first-order valence-corrected chi connectivity index (χ1v) is 4.97. The molecule has 0 aliphatic heterocycles. The fourth-order valence-electron chi connectivity index (χ4n) is 0.859. The highest BCUT2D eigenvalue weighted by molar-refractivity contribution is 6.36. The molecule has 1 N–H and O–H groups in total. The van der Waals surface area contributed by atoms with E-state index in [0.29, 0.717) is 10.7 Å². The van der Waals surface area contributed by atoms with Crippen LogP contribution in [0.5, 0.6) is 0 Å². The normalized spacial score (nSPS) is 11.6. The summed E-state index contributed by atoms with van der Waals surface area (Å²) in [7, 11) is 0. The zero-order valence-corrected chi connectivity index (χ0v) is 9.30. The summed E-state index contributed by atoms with van der Waals surface area (Å²) in [5, 5.41) is 3.23. The first-order chi connectivity index (χ1) is 6.65. The maximum absolute atomic E-state index is 13.3. The standard InChI is InChI=1S/C9H7Cl3FN/c10-4-6(11)5-14-8-3-1-2-7(12)9(8)13/h1-4,14H,5H2. The highest BCUT2D eigenvalue weighted by atomic mass is 35.5. The monoisotopic (exact) mass is 253 g/mol. The number of hydrogen-bond acceptors (Lipinski definition) is 1. The van der Waals surface area contributed by atoms with Crippen molar-refractivity contribution in [3.05, 3.63) is 39.6 Å². The van der Waals surface area contributed by atoms with Gasteiger partial charge in [-0.15, -0.1) is 0 Å². The van der Waals surface area contributed by atoms with Gasteiger partial charge in [-0.2, -0.15) is 0 Å². The molecule has 0 radical (unpaired) electrons. The molecule has 1 nitrogen and oxygen atoms in total. The van der Waals surface area contributed by atoms with E-state index >= 15 is 0 Å². The van der Waals surface area contributed by atoms with Gasteiger partial charge >= 0.3 is 0 Å². The van der Waals surface area contributed by atoms with Gasteiger partial charge in [0.2, 0.25) is 0 Å². The lowest BCUT2D eigenvalue weighted by molar-refractivity contribution is 0.631. The van der Waals surface area contributed by atoms with Crippen molar-refractivity contribution < 1.29 is 4.39 Å². The molecule has 0 saturated heterocycles. The Labute approximate surface area is 96.5 Å². The molecular weight excluding hydrogens is 247 g/mol. The predicted octanol–water partition coefficient (Wildman–Crippen LogP) is 4.21. The zero-order valence-electron chi connectivity index (χ0n) is 7.03. The molecule has 0 unspecified atom stereocenters. The Morgan fingerprint density at radius 3 is 2.86 bits per heavy atom. The molecule has 0 saturated carbocycles. The van der Waals surface area contributed by atoms with E-state index in [0.717, 1.165) is 0 Å². The molecule has 0 bridgehead atoms. The Balaban J connectivity index is 2.73. The van der Waals surface area contributed by atoms with E-state index in [-0.39, 0.29) is 11.6 Å². The van der Waals surface area contributed by atoms with Crippen molar-refractivity contribution in [1.29, 1.82) is 0 Å². The van der Waals surface area contributed by atoms with Gasteiger partial charge in [0.25, 0.3) is 0 Å². The number of anilines is 1. The Bertz CT molecular complexity index is 352. The number of nitrogens with one attached hydrogen (secondary N) is 1. The minimum Gasteiger partial charge on any atom is -0.378 e. The second-order valence-corrected chi connectivity index (χ2v) is 3.62. The topological polar surface area (TPSA) is 12.0 Å². The number of rotatable bonds is 3. The Kier molecular flexibility index (Phi) is 4.52. The maximum atomic E-state index is 13.3. The first-order valence-electron chi connectivity index (χ1n) is 3.77. The van der Waals surface area contributed by atoms with Crippen LogP contribution in [0.1, 0.15) is 0 Å². The summed E-state index contributed by atoms with van der Waals surface area (Å²) in [4.78, 5) is 0. The number of benzene rings is 1.